The van der Waals surface area contributed by atoms with Gasteiger partial charge in [0.25, 0.3) is 0 Å². The second kappa shape index (κ2) is 4.58. The van der Waals surface area contributed by atoms with Gasteiger partial charge in [0.15, 0.2) is 0 Å². The topological polar surface area (TPSA) is 38.0 Å². The Kier molecular flexibility index (Phi) is 2.92. The molecule has 0 bridgehead atoms. The van der Waals surface area contributed by atoms with Gasteiger partial charge in [0.2, 0.25) is 0 Å². The van der Waals surface area contributed by atoms with Crippen molar-refractivity contribution in [3.8, 4) is 0 Å². The molecule has 0 aliphatic heterocycles. The molecule has 1 aromatic carbocycles. The van der Waals surface area contributed by atoms with Crippen LogP contribution in [-0.2, 0) is 13.5 Å². The van der Waals surface area contributed by atoms with Gasteiger partial charge < -0.3 is 9.67 Å². The molecule has 3 rings (SSSR count). The molecule has 0 saturated carbocycles. The average molecular weight is 242 g/mol. The number of imidazole rings is 1. The van der Waals surface area contributed by atoms with Gasteiger partial charge in [0.05, 0.1) is 17.1 Å². The predicted octanol–water partition coefficient (Wildman–Crippen LogP) is 2.59. The highest BCUT2D eigenvalue weighted by atomic mass is 16.3. The van der Waals surface area contributed by atoms with E-state index in [1.165, 1.54) is 11.1 Å². The molecule has 0 radical (unpaired) electrons. The molecule has 3 nitrogen and oxygen atoms in total. The van der Waals surface area contributed by atoms with Crippen molar-refractivity contribution in [2.45, 2.75) is 31.8 Å². The van der Waals surface area contributed by atoms with Crippen LogP contribution in [0.5, 0.6) is 0 Å². The number of para-hydroxylation sites is 2. The highest BCUT2D eigenvalue weighted by Gasteiger charge is 2.14. The molecule has 1 N–H and O–H groups in total. The number of rotatable bonds is 2. The molecule has 94 valence electrons. The third-order valence-electron chi connectivity index (χ3n) is 3.69. The zero-order valence-electron chi connectivity index (χ0n) is 10.6. The summed E-state index contributed by atoms with van der Waals surface area (Å²) in [6.07, 6.45) is 5.65. The first kappa shape index (κ1) is 11.5. The van der Waals surface area contributed by atoms with Crippen LogP contribution in [-0.4, -0.2) is 20.8 Å². The zero-order chi connectivity index (χ0) is 12.5. The van der Waals surface area contributed by atoms with Crippen LogP contribution < -0.4 is 0 Å². The molecule has 2 aromatic rings. The zero-order valence-corrected chi connectivity index (χ0v) is 10.6. The van der Waals surface area contributed by atoms with Crippen molar-refractivity contribution in [2.75, 3.05) is 0 Å². The Hall–Kier alpha value is -1.61. The first-order chi connectivity index (χ1) is 8.74. The van der Waals surface area contributed by atoms with Crippen molar-refractivity contribution in [3.63, 3.8) is 0 Å². The van der Waals surface area contributed by atoms with Gasteiger partial charge in [-0.05, 0) is 31.4 Å². The molecule has 0 fully saturated rings. The molecule has 1 unspecified atom stereocenters. The van der Waals surface area contributed by atoms with Crippen LogP contribution >= 0.6 is 0 Å². The summed E-state index contributed by atoms with van der Waals surface area (Å²) < 4.78 is 2.15. The van der Waals surface area contributed by atoms with E-state index in [4.69, 9.17) is 0 Å². The molecule has 0 spiro atoms. The fourth-order valence-electron chi connectivity index (χ4n) is 2.68. The van der Waals surface area contributed by atoms with Gasteiger partial charge in [-0.3, -0.25) is 0 Å². The lowest BCUT2D eigenvalue weighted by atomic mass is 9.95. The second-order valence-electron chi connectivity index (χ2n) is 5.04. The smallest absolute Gasteiger partial charge is 0.113 e. The number of hydrogen-bond acceptors (Lipinski definition) is 2. The van der Waals surface area contributed by atoms with Gasteiger partial charge >= 0.3 is 0 Å². The number of aromatic nitrogens is 2. The minimum Gasteiger partial charge on any atom is -0.389 e. The van der Waals surface area contributed by atoms with Gasteiger partial charge in [-0.2, -0.15) is 0 Å². The number of hydrogen-bond donors (Lipinski definition) is 1. The molecule has 18 heavy (non-hydrogen) atoms. The van der Waals surface area contributed by atoms with Crippen LogP contribution in [0, 0.1) is 0 Å². The maximum atomic E-state index is 9.66. The van der Waals surface area contributed by atoms with E-state index < -0.39 is 0 Å². The number of aryl methyl sites for hydroxylation is 1. The largest absolute Gasteiger partial charge is 0.389 e. The van der Waals surface area contributed by atoms with Crippen molar-refractivity contribution in [1.82, 2.24) is 9.55 Å². The Morgan fingerprint density at radius 1 is 1.39 bits per heavy atom. The highest BCUT2D eigenvalue weighted by Crippen LogP contribution is 2.23. The Labute approximate surface area is 107 Å². The second-order valence-corrected chi connectivity index (χ2v) is 5.04. The summed E-state index contributed by atoms with van der Waals surface area (Å²) in [5.41, 5.74) is 3.53. The van der Waals surface area contributed by atoms with Crippen molar-refractivity contribution in [1.29, 1.82) is 0 Å². The third-order valence-corrected chi connectivity index (χ3v) is 3.69. The number of aliphatic hydroxyl groups is 1. The monoisotopic (exact) mass is 242 g/mol. The summed E-state index contributed by atoms with van der Waals surface area (Å²) in [4.78, 5) is 4.67. The van der Waals surface area contributed by atoms with E-state index in [1.807, 2.05) is 24.3 Å². The SMILES string of the molecule is Cn1c(CC2=CC(O)CCC2)nc2ccccc21. The highest BCUT2D eigenvalue weighted by molar-refractivity contribution is 5.75. The lowest BCUT2D eigenvalue weighted by molar-refractivity contribution is 0.201. The summed E-state index contributed by atoms with van der Waals surface area (Å²) in [6.45, 7) is 0. The van der Waals surface area contributed by atoms with E-state index in [2.05, 4.69) is 22.7 Å². The normalized spacial score (nSPS) is 20.1. The van der Waals surface area contributed by atoms with Gasteiger partial charge in [-0.25, -0.2) is 4.98 Å². The maximum absolute atomic E-state index is 9.66. The maximum Gasteiger partial charge on any atom is 0.113 e. The number of nitrogens with zero attached hydrogens (tertiary/aromatic N) is 2. The number of fused-ring (bicyclic) bond motifs is 1. The quantitative estimate of drug-likeness (QED) is 0.822. The van der Waals surface area contributed by atoms with Crippen LogP contribution in [0.1, 0.15) is 25.1 Å². The Morgan fingerprint density at radius 2 is 2.22 bits per heavy atom. The van der Waals surface area contributed by atoms with Crippen molar-refractivity contribution < 1.29 is 5.11 Å². The van der Waals surface area contributed by atoms with Crippen LogP contribution in [0.4, 0.5) is 0 Å². The van der Waals surface area contributed by atoms with E-state index in [-0.39, 0.29) is 6.10 Å². The first-order valence-corrected chi connectivity index (χ1v) is 6.52. The molecule has 1 aliphatic carbocycles. The van der Waals surface area contributed by atoms with Gasteiger partial charge in [0.1, 0.15) is 5.82 Å². The molecular weight excluding hydrogens is 224 g/mol. The standard InChI is InChI=1S/C15H18N2O/c1-17-14-8-3-2-7-13(14)16-15(17)10-11-5-4-6-12(18)9-11/h2-3,7-9,12,18H,4-6,10H2,1H3. The van der Waals surface area contributed by atoms with Gasteiger partial charge in [-0.1, -0.05) is 23.8 Å². The molecule has 0 amide bonds. The fraction of sp³-hybridized carbons (Fsp3) is 0.400. The summed E-state index contributed by atoms with van der Waals surface area (Å²) in [5.74, 6) is 1.08. The summed E-state index contributed by atoms with van der Waals surface area (Å²) in [7, 11) is 2.06. The lowest BCUT2D eigenvalue weighted by Crippen LogP contribution is -2.11. The number of benzene rings is 1. The molecule has 1 aliphatic rings. The first-order valence-electron chi connectivity index (χ1n) is 6.52. The van der Waals surface area contributed by atoms with E-state index in [0.29, 0.717) is 0 Å². The summed E-state index contributed by atoms with van der Waals surface area (Å²) >= 11 is 0. The van der Waals surface area contributed by atoms with E-state index in [0.717, 1.165) is 37.0 Å². The summed E-state index contributed by atoms with van der Waals surface area (Å²) in [5, 5.41) is 9.66. The van der Waals surface area contributed by atoms with E-state index >= 15 is 0 Å². The number of aliphatic hydroxyl groups excluding tert-OH is 1. The van der Waals surface area contributed by atoms with E-state index in [1.54, 1.807) is 0 Å². The number of allylic oxidation sites excluding steroid dienone is 1. The van der Waals surface area contributed by atoms with Crippen molar-refractivity contribution >= 4 is 11.0 Å². The van der Waals surface area contributed by atoms with Crippen LogP contribution in [0.15, 0.2) is 35.9 Å². The van der Waals surface area contributed by atoms with E-state index in [9.17, 15) is 5.11 Å². The van der Waals surface area contributed by atoms with Gasteiger partial charge in [0, 0.05) is 13.5 Å². The Bertz CT molecular complexity index is 598. The molecule has 3 heteroatoms. The van der Waals surface area contributed by atoms with Crippen LogP contribution in [0.3, 0.4) is 0 Å². The van der Waals surface area contributed by atoms with Crippen molar-refractivity contribution in [2.24, 2.45) is 7.05 Å². The van der Waals surface area contributed by atoms with Crippen LogP contribution in [0.25, 0.3) is 11.0 Å². The minimum atomic E-state index is -0.261. The molecule has 1 atom stereocenters. The molecule has 1 heterocycles. The minimum absolute atomic E-state index is 0.261. The van der Waals surface area contributed by atoms with Gasteiger partial charge in [-0.15, -0.1) is 0 Å². The molecule has 1 aromatic heterocycles. The Morgan fingerprint density at radius 3 is 3.00 bits per heavy atom. The fourth-order valence-corrected chi connectivity index (χ4v) is 2.68. The average Bonchev–Trinajstić information content (AvgIpc) is 2.67. The Balaban J connectivity index is 1.93. The molecule has 0 saturated heterocycles. The summed E-state index contributed by atoms with van der Waals surface area (Å²) in [6, 6.07) is 8.19. The van der Waals surface area contributed by atoms with Crippen molar-refractivity contribution in [3.05, 3.63) is 41.7 Å². The third kappa shape index (κ3) is 2.06. The molecular formula is C15H18N2O. The van der Waals surface area contributed by atoms with Crippen LogP contribution in [0.2, 0.25) is 0 Å². The predicted molar refractivity (Wildman–Crippen MR) is 72.4 cm³/mol. The lowest BCUT2D eigenvalue weighted by Gasteiger charge is -2.16.